The summed E-state index contributed by atoms with van der Waals surface area (Å²) in [5.41, 5.74) is 2.66. The van der Waals surface area contributed by atoms with Crippen LogP contribution in [0.4, 0.5) is 0 Å². The Morgan fingerprint density at radius 3 is 2.25 bits per heavy atom. The van der Waals surface area contributed by atoms with Crippen molar-refractivity contribution in [3.63, 3.8) is 0 Å². The molecule has 0 heterocycles. The second-order valence-corrected chi connectivity index (χ2v) is 3.42. The number of hydrogen-bond acceptors (Lipinski definition) is 0. The SMILES string of the molecule is C=C/C(=C\C=C(C)C)[C@@H](C)CC. The third-order valence-electron chi connectivity index (χ3n) is 2.03. The summed E-state index contributed by atoms with van der Waals surface area (Å²) in [6, 6.07) is 0. The highest BCUT2D eigenvalue weighted by molar-refractivity contribution is 5.25. The van der Waals surface area contributed by atoms with Gasteiger partial charge in [-0.25, -0.2) is 0 Å². The lowest BCUT2D eigenvalue weighted by molar-refractivity contribution is 0.671. The largest absolute Gasteiger partial charge is 0.0988 e. The summed E-state index contributed by atoms with van der Waals surface area (Å²) in [6.45, 7) is 12.4. The minimum atomic E-state index is 0.623. The highest BCUT2D eigenvalue weighted by atomic mass is 14.1. The molecule has 0 spiro atoms. The molecule has 0 saturated heterocycles. The van der Waals surface area contributed by atoms with E-state index in [9.17, 15) is 0 Å². The number of rotatable bonds is 4. The molecule has 0 aliphatic heterocycles. The molecule has 0 N–H and O–H groups in total. The van der Waals surface area contributed by atoms with Crippen LogP contribution in [0.15, 0.2) is 36.0 Å². The van der Waals surface area contributed by atoms with Crippen molar-refractivity contribution in [2.24, 2.45) is 5.92 Å². The van der Waals surface area contributed by atoms with E-state index in [0.29, 0.717) is 5.92 Å². The van der Waals surface area contributed by atoms with Gasteiger partial charge in [0, 0.05) is 0 Å². The Bertz CT molecular complexity index is 190. The van der Waals surface area contributed by atoms with Crippen LogP contribution in [0.25, 0.3) is 0 Å². The van der Waals surface area contributed by atoms with E-state index < -0.39 is 0 Å². The summed E-state index contributed by atoms with van der Waals surface area (Å²) in [5.74, 6) is 0.623. The van der Waals surface area contributed by atoms with Crippen molar-refractivity contribution in [2.45, 2.75) is 34.1 Å². The first-order valence-corrected chi connectivity index (χ1v) is 4.59. The van der Waals surface area contributed by atoms with Crippen LogP contribution >= 0.6 is 0 Å². The highest BCUT2D eigenvalue weighted by Gasteiger charge is 2.00. The van der Waals surface area contributed by atoms with Gasteiger partial charge in [-0.2, -0.15) is 0 Å². The van der Waals surface area contributed by atoms with E-state index >= 15 is 0 Å². The summed E-state index contributed by atoms with van der Waals surface area (Å²) in [6.07, 6.45) is 7.43. The Hall–Kier alpha value is -0.780. The first-order chi connectivity index (χ1) is 5.61. The van der Waals surface area contributed by atoms with E-state index in [1.807, 2.05) is 6.08 Å². The van der Waals surface area contributed by atoms with Crippen LogP contribution in [-0.4, -0.2) is 0 Å². The van der Waals surface area contributed by atoms with Crippen molar-refractivity contribution in [3.8, 4) is 0 Å². The Morgan fingerprint density at radius 1 is 1.33 bits per heavy atom. The number of hydrogen-bond donors (Lipinski definition) is 0. The maximum absolute atomic E-state index is 3.81. The van der Waals surface area contributed by atoms with Crippen LogP contribution in [0.5, 0.6) is 0 Å². The van der Waals surface area contributed by atoms with E-state index in [4.69, 9.17) is 0 Å². The second-order valence-electron chi connectivity index (χ2n) is 3.42. The van der Waals surface area contributed by atoms with Crippen LogP contribution < -0.4 is 0 Å². The average Bonchev–Trinajstić information content (AvgIpc) is 2.04. The molecule has 0 nitrogen and oxygen atoms in total. The molecule has 0 aliphatic rings. The van der Waals surface area contributed by atoms with E-state index in [-0.39, 0.29) is 0 Å². The molecule has 0 bridgehead atoms. The molecule has 0 aliphatic carbocycles. The first-order valence-electron chi connectivity index (χ1n) is 4.59. The Labute approximate surface area is 76.7 Å². The fourth-order valence-corrected chi connectivity index (χ4v) is 0.932. The summed E-state index contributed by atoms with van der Waals surface area (Å²) in [7, 11) is 0. The van der Waals surface area contributed by atoms with Crippen molar-refractivity contribution in [2.75, 3.05) is 0 Å². The lowest BCUT2D eigenvalue weighted by atomic mass is 9.98. The average molecular weight is 164 g/mol. The van der Waals surface area contributed by atoms with E-state index in [1.165, 1.54) is 17.6 Å². The second kappa shape index (κ2) is 5.82. The van der Waals surface area contributed by atoms with Gasteiger partial charge in [-0.15, -0.1) is 0 Å². The summed E-state index contributed by atoms with van der Waals surface area (Å²) >= 11 is 0. The van der Waals surface area contributed by atoms with Gasteiger partial charge >= 0.3 is 0 Å². The molecule has 0 aromatic carbocycles. The molecule has 12 heavy (non-hydrogen) atoms. The molecule has 0 aromatic rings. The van der Waals surface area contributed by atoms with E-state index in [1.54, 1.807) is 0 Å². The quantitative estimate of drug-likeness (QED) is 0.548. The fourth-order valence-electron chi connectivity index (χ4n) is 0.932. The molecule has 0 aromatic heterocycles. The smallest absolute Gasteiger partial charge is 0.0193 e. The molecular weight excluding hydrogens is 144 g/mol. The predicted octanol–water partition coefficient (Wildman–Crippen LogP) is 4.11. The molecule has 68 valence electrons. The minimum absolute atomic E-state index is 0.623. The van der Waals surface area contributed by atoms with Gasteiger partial charge in [0.05, 0.1) is 0 Å². The van der Waals surface area contributed by atoms with Gasteiger partial charge in [0.25, 0.3) is 0 Å². The molecule has 0 rings (SSSR count). The molecule has 0 unspecified atom stereocenters. The van der Waals surface area contributed by atoms with Gasteiger partial charge in [0.15, 0.2) is 0 Å². The molecule has 1 atom stereocenters. The van der Waals surface area contributed by atoms with Crippen LogP contribution in [0, 0.1) is 5.92 Å². The summed E-state index contributed by atoms with van der Waals surface area (Å²) in [5, 5.41) is 0. The molecule has 0 saturated carbocycles. The van der Waals surface area contributed by atoms with Gasteiger partial charge in [-0.1, -0.05) is 44.2 Å². The third-order valence-corrected chi connectivity index (χ3v) is 2.03. The lowest BCUT2D eigenvalue weighted by Gasteiger charge is -2.08. The molecule has 0 heteroatoms. The summed E-state index contributed by atoms with van der Waals surface area (Å²) < 4.78 is 0. The summed E-state index contributed by atoms with van der Waals surface area (Å²) in [4.78, 5) is 0. The predicted molar refractivity (Wildman–Crippen MR) is 57.2 cm³/mol. The van der Waals surface area contributed by atoms with Crippen molar-refractivity contribution >= 4 is 0 Å². The first kappa shape index (κ1) is 11.2. The molecule has 0 fully saturated rings. The minimum Gasteiger partial charge on any atom is -0.0988 e. The normalized spacial score (nSPS) is 13.8. The van der Waals surface area contributed by atoms with Gasteiger partial charge in [0.1, 0.15) is 0 Å². The van der Waals surface area contributed by atoms with Crippen molar-refractivity contribution in [1.29, 1.82) is 0 Å². The number of allylic oxidation sites excluding steroid dienone is 5. The van der Waals surface area contributed by atoms with Crippen molar-refractivity contribution in [1.82, 2.24) is 0 Å². The van der Waals surface area contributed by atoms with E-state index in [2.05, 4.69) is 46.4 Å². The van der Waals surface area contributed by atoms with Crippen LogP contribution in [0.3, 0.4) is 0 Å². The topological polar surface area (TPSA) is 0 Å². The zero-order valence-corrected chi connectivity index (χ0v) is 8.72. The molecule has 0 amide bonds. The van der Waals surface area contributed by atoms with Crippen LogP contribution in [0.2, 0.25) is 0 Å². The highest BCUT2D eigenvalue weighted by Crippen LogP contribution is 2.15. The molecule has 0 radical (unpaired) electrons. The van der Waals surface area contributed by atoms with Gasteiger partial charge in [0.2, 0.25) is 0 Å². The zero-order chi connectivity index (χ0) is 9.56. The monoisotopic (exact) mass is 164 g/mol. The van der Waals surface area contributed by atoms with Gasteiger partial charge < -0.3 is 0 Å². The fraction of sp³-hybridized carbons (Fsp3) is 0.500. The zero-order valence-electron chi connectivity index (χ0n) is 8.72. The molecular formula is C12H20. The van der Waals surface area contributed by atoms with Crippen LogP contribution in [-0.2, 0) is 0 Å². The van der Waals surface area contributed by atoms with Crippen molar-refractivity contribution < 1.29 is 0 Å². The standard InChI is InChI=1S/C12H20/c1-6-11(5)12(7-2)9-8-10(3)4/h7-9,11H,2,6H2,1,3-5H3/b12-9+/t11-/m0/s1. The van der Waals surface area contributed by atoms with E-state index in [0.717, 1.165) is 0 Å². The van der Waals surface area contributed by atoms with Gasteiger partial charge in [-0.3, -0.25) is 0 Å². The van der Waals surface area contributed by atoms with Crippen molar-refractivity contribution in [3.05, 3.63) is 36.0 Å². The lowest BCUT2D eigenvalue weighted by Crippen LogP contribution is -1.93. The maximum atomic E-state index is 3.81. The maximum Gasteiger partial charge on any atom is -0.0193 e. The Balaban J connectivity index is 4.43. The third kappa shape index (κ3) is 4.17. The van der Waals surface area contributed by atoms with Crippen LogP contribution in [0.1, 0.15) is 34.1 Å². The Morgan fingerprint density at radius 2 is 1.92 bits per heavy atom. The van der Waals surface area contributed by atoms with Gasteiger partial charge in [-0.05, 0) is 31.8 Å². The Kier molecular flexibility index (Phi) is 5.44.